The first-order chi connectivity index (χ1) is 31.6. The smallest absolute Gasteiger partial charge is 0.339 e. The third kappa shape index (κ3) is 11.3. The molecule has 2 aromatic carbocycles. The Hall–Kier alpha value is -4.90. The zero-order valence-electron chi connectivity index (χ0n) is 38.2. The highest BCUT2D eigenvalue weighted by atomic mass is 32.2. The van der Waals surface area contributed by atoms with Crippen LogP contribution in [0.15, 0.2) is 85.2 Å². The van der Waals surface area contributed by atoms with Gasteiger partial charge in [-0.05, 0) is 87.4 Å². The van der Waals surface area contributed by atoms with E-state index in [4.69, 9.17) is 19.9 Å². The molecule has 0 saturated carbocycles. The number of nitrogens with two attached hydrogens (primary N) is 1. The van der Waals surface area contributed by atoms with E-state index in [1.807, 2.05) is 50.2 Å². The molecule has 20 heteroatoms. The van der Waals surface area contributed by atoms with E-state index in [-0.39, 0.29) is 37.5 Å². The molecule has 8 rings (SSSR count). The number of anilines is 2. The van der Waals surface area contributed by atoms with Gasteiger partial charge in [0.15, 0.2) is 5.78 Å². The largest absolute Gasteiger partial charge is 0.465 e. The fourth-order valence-corrected chi connectivity index (χ4v) is 11.9. The first-order valence-electron chi connectivity index (χ1n) is 22.2. The van der Waals surface area contributed by atoms with Crippen LogP contribution < -0.4 is 14.3 Å². The number of carbonyl (C=O) groups is 2. The number of hydrogen-bond donors (Lipinski definition) is 1. The molecule has 0 spiro atoms. The Kier molecular flexibility index (Phi) is 15.9. The van der Waals surface area contributed by atoms with Gasteiger partial charge in [0.05, 0.1) is 93.6 Å². The molecular weight excluding hydrogens is 887 g/mol. The molecule has 0 radical (unpaired) electrons. The van der Waals surface area contributed by atoms with Crippen molar-refractivity contribution in [1.82, 2.24) is 28.4 Å². The summed E-state index contributed by atoms with van der Waals surface area (Å²) in [6, 6.07) is 22.4. The SMILES string of the molecule is COC(=O)c1ccc(CN(c2cccc(C)c2)S(=O)(=O)N2CCN(C3COC3)[C@@H](C)C2)nc1.Cc1cccc(N(Cc2ccc(C(=O)CN)cn2)S(=O)(=O)N2CCN(C3COC3)[C@@H](C)C2)c1. The maximum atomic E-state index is 13.8. The van der Waals surface area contributed by atoms with Gasteiger partial charge < -0.3 is 19.9 Å². The molecule has 0 amide bonds. The molecule has 2 N–H and O–H groups in total. The number of ether oxygens (including phenoxy) is 3. The van der Waals surface area contributed by atoms with Crippen LogP contribution in [0.2, 0.25) is 0 Å². The summed E-state index contributed by atoms with van der Waals surface area (Å²) in [5.74, 6) is -0.693. The summed E-state index contributed by atoms with van der Waals surface area (Å²) in [5, 5.41) is 0. The van der Waals surface area contributed by atoms with Gasteiger partial charge in [-0.25, -0.2) is 4.79 Å². The van der Waals surface area contributed by atoms with E-state index in [2.05, 4.69) is 33.6 Å². The van der Waals surface area contributed by atoms with Crippen LogP contribution in [-0.4, -0.2) is 160 Å². The zero-order valence-corrected chi connectivity index (χ0v) is 39.9. The van der Waals surface area contributed by atoms with Crippen molar-refractivity contribution in [3.05, 3.63) is 119 Å². The van der Waals surface area contributed by atoms with E-state index < -0.39 is 26.4 Å². The molecule has 18 nitrogen and oxygen atoms in total. The fraction of sp³-hybridized carbons (Fsp3) is 0.478. The van der Waals surface area contributed by atoms with Gasteiger partial charge in [-0.15, -0.1) is 0 Å². The monoisotopic (exact) mass is 947 g/mol. The average Bonchev–Trinajstić information content (AvgIpc) is 3.27. The number of rotatable bonds is 15. The number of ketones is 1. The van der Waals surface area contributed by atoms with Crippen molar-refractivity contribution in [3.8, 4) is 0 Å². The molecule has 0 aliphatic carbocycles. The summed E-state index contributed by atoms with van der Waals surface area (Å²) in [6.45, 7) is 13.8. The highest BCUT2D eigenvalue weighted by molar-refractivity contribution is 7.90. The quantitative estimate of drug-likeness (QED) is 0.135. The Morgan fingerprint density at radius 1 is 0.682 bits per heavy atom. The Bertz CT molecular complexity index is 2350. The fourth-order valence-electron chi connectivity index (χ4n) is 8.52. The minimum absolute atomic E-state index is 0.0539. The van der Waals surface area contributed by atoms with Gasteiger partial charge in [0.1, 0.15) is 0 Å². The lowest BCUT2D eigenvalue weighted by molar-refractivity contribution is -0.0873. The van der Waals surface area contributed by atoms with Crippen LogP contribution >= 0.6 is 0 Å². The topological polar surface area (TPSA) is 201 Å². The van der Waals surface area contributed by atoms with Crippen LogP contribution in [0.3, 0.4) is 0 Å². The number of pyridine rings is 2. The van der Waals surface area contributed by atoms with Crippen molar-refractivity contribution < 1.29 is 40.6 Å². The second-order valence-corrected chi connectivity index (χ2v) is 20.9. The van der Waals surface area contributed by atoms with Crippen molar-refractivity contribution in [3.63, 3.8) is 0 Å². The first kappa shape index (κ1) is 49.0. The highest BCUT2D eigenvalue weighted by Crippen LogP contribution is 2.29. The first-order valence-corrected chi connectivity index (χ1v) is 25.0. The number of piperazine rings is 2. The van der Waals surface area contributed by atoms with Crippen LogP contribution in [0.5, 0.6) is 0 Å². The molecule has 4 aliphatic heterocycles. The van der Waals surface area contributed by atoms with Gasteiger partial charge in [-0.2, -0.15) is 25.4 Å². The predicted octanol–water partition coefficient (Wildman–Crippen LogP) is 3.02. The number of nitrogens with zero attached hydrogens (tertiary/aromatic N) is 8. The number of methoxy groups -OCH3 is 1. The van der Waals surface area contributed by atoms with Crippen molar-refractivity contribution in [2.24, 2.45) is 5.73 Å². The van der Waals surface area contributed by atoms with Crippen molar-refractivity contribution >= 4 is 43.5 Å². The number of esters is 1. The summed E-state index contributed by atoms with van der Waals surface area (Å²) >= 11 is 0. The summed E-state index contributed by atoms with van der Waals surface area (Å²) in [7, 11) is -6.32. The van der Waals surface area contributed by atoms with Crippen molar-refractivity contribution in [2.75, 3.05) is 88.0 Å². The van der Waals surface area contributed by atoms with E-state index >= 15 is 0 Å². The van der Waals surface area contributed by atoms with Crippen molar-refractivity contribution in [2.45, 2.75) is 65.0 Å². The molecule has 6 heterocycles. The zero-order chi connectivity index (χ0) is 47.2. The minimum atomic E-state index is -3.82. The normalized spacial score (nSPS) is 20.3. The van der Waals surface area contributed by atoms with Crippen LogP contribution in [-0.2, 0) is 47.7 Å². The predicted molar refractivity (Wildman–Crippen MR) is 250 cm³/mol. The molecular formula is C46H61N9O9S2. The summed E-state index contributed by atoms with van der Waals surface area (Å²) in [5.41, 5.74) is 10.3. The standard InChI is InChI=1S/C23H31N5O4S.C23H30N4O5S/c1-17-4-3-5-21(10-17)28(14-20-7-6-19(12-25-20)23(29)11-24)33(30,31)26-8-9-27(18(2)13-26)22-15-32-16-22;1-17-5-4-6-21(11-17)27(14-20-8-7-19(12-24-20)23(28)31-3)33(29,30)25-9-10-26(18(2)13-25)22-15-32-16-22/h3-7,10,12,18,22H,8-9,11,13-16,24H2,1-2H3;4-8,11-12,18,22H,9-10,13-16H2,1-3H3/t2*18-/m00/s1. The van der Waals surface area contributed by atoms with Crippen LogP contribution in [0.4, 0.5) is 11.4 Å². The summed E-state index contributed by atoms with van der Waals surface area (Å²) in [6.07, 6.45) is 2.86. The Morgan fingerprint density at radius 3 is 1.45 bits per heavy atom. The molecule has 66 heavy (non-hydrogen) atoms. The third-order valence-electron chi connectivity index (χ3n) is 12.4. The van der Waals surface area contributed by atoms with Gasteiger partial charge in [0.2, 0.25) is 0 Å². The summed E-state index contributed by atoms with van der Waals surface area (Å²) in [4.78, 5) is 36.9. The van der Waals surface area contributed by atoms with E-state index in [1.54, 1.807) is 45.0 Å². The number of aryl methyl sites for hydroxylation is 2. The van der Waals surface area contributed by atoms with E-state index in [1.165, 1.54) is 28.1 Å². The van der Waals surface area contributed by atoms with E-state index in [0.717, 1.165) is 11.1 Å². The number of aromatic nitrogens is 2. The Labute approximate surface area is 388 Å². The Balaban J connectivity index is 0.000000196. The average molecular weight is 948 g/mol. The molecule has 0 bridgehead atoms. The van der Waals surface area contributed by atoms with Gasteiger partial charge in [-0.3, -0.25) is 33.2 Å². The lowest BCUT2D eigenvalue weighted by Crippen LogP contribution is -2.62. The second kappa shape index (κ2) is 21.4. The molecule has 2 atom stereocenters. The second-order valence-electron chi connectivity index (χ2n) is 17.2. The van der Waals surface area contributed by atoms with Crippen LogP contribution in [0, 0.1) is 13.8 Å². The minimum Gasteiger partial charge on any atom is -0.465 e. The molecule has 0 unspecified atom stereocenters. The van der Waals surface area contributed by atoms with Gasteiger partial charge in [-0.1, -0.05) is 24.3 Å². The van der Waals surface area contributed by atoms with E-state index in [9.17, 15) is 26.4 Å². The number of carbonyl (C=O) groups excluding carboxylic acids is 2. The van der Waals surface area contributed by atoms with Crippen LogP contribution in [0.1, 0.15) is 57.1 Å². The molecule has 356 valence electrons. The van der Waals surface area contributed by atoms with Gasteiger partial charge >= 0.3 is 26.4 Å². The third-order valence-corrected chi connectivity index (χ3v) is 16.2. The molecule has 4 saturated heterocycles. The molecule has 4 aliphatic rings. The van der Waals surface area contributed by atoms with Gasteiger partial charge in [0.25, 0.3) is 0 Å². The van der Waals surface area contributed by atoms with E-state index in [0.29, 0.717) is 112 Å². The van der Waals surface area contributed by atoms with Crippen LogP contribution in [0.25, 0.3) is 0 Å². The summed E-state index contributed by atoms with van der Waals surface area (Å²) < 4.78 is 76.6. The Morgan fingerprint density at radius 2 is 1.12 bits per heavy atom. The molecule has 4 aromatic rings. The molecule has 4 fully saturated rings. The lowest BCUT2D eigenvalue weighted by Gasteiger charge is -2.46. The number of hydrogen-bond acceptors (Lipinski definition) is 14. The lowest BCUT2D eigenvalue weighted by atomic mass is 10.1. The highest BCUT2D eigenvalue weighted by Gasteiger charge is 2.41. The number of Topliss-reactive ketones (excluding diaryl/α,β-unsaturated/α-hetero) is 1. The maximum absolute atomic E-state index is 13.8. The number of benzene rings is 2. The van der Waals surface area contributed by atoms with Crippen molar-refractivity contribution in [1.29, 1.82) is 0 Å². The maximum Gasteiger partial charge on any atom is 0.339 e. The van der Waals surface area contributed by atoms with Gasteiger partial charge in [0, 0.05) is 69.3 Å². The molecule has 2 aromatic heterocycles.